The van der Waals surface area contributed by atoms with Crippen molar-refractivity contribution in [3.05, 3.63) is 78.8 Å². The van der Waals surface area contributed by atoms with Crippen molar-refractivity contribution in [1.29, 1.82) is 0 Å². The van der Waals surface area contributed by atoms with Gasteiger partial charge in [0.2, 0.25) is 0 Å². The fraction of sp³-hybridized carbons (Fsp3) is 0.150. The van der Waals surface area contributed by atoms with Gasteiger partial charge in [-0.25, -0.2) is 0 Å². The Kier molecular flexibility index (Phi) is 5.90. The Morgan fingerprint density at radius 1 is 0.962 bits per heavy atom. The lowest BCUT2D eigenvalue weighted by molar-refractivity contribution is -0.123. The van der Waals surface area contributed by atoms with Crippen LogP contribution in [0.3, 0.4) is 0 Å². The molecule has 1 heterocycles. The van der Waals surface area contributed by atoms with E-state index in [4.69, 9.17) is 13.9 Å². The molecule has 3 aromatic rings. The molecule has 0 bridgehead atoms. The summed E-state index contributed by atoms with van der Waals surface area (Å²) in [6.45, 7) is -0.0939. The van der Waals surface area contributed by atoms with E-state index in [0.717, 1.165) is 5.75 Å². The molecule has 26 heavy (non-hydrogen) atoms. The van der Waals surface area contributed by atoms with Gasteiger partial charge in [-0.05, 0) is 48.5 Å². The second-order valence-corrected chi connectivity index (χ2v) is 5.51. The Bertz CT molecular complexity index is 800. The number of furan rings is 1. The summed E-state index contributed by atoms with van der Waals surface area (Å²) < 4.78 is 16.2. The molecular weight excluding hydrogens is 334 g/mol. The Hall–Kier alpha value is -3.25. The number of nitrogens with one attached hydrogen (secondary N) is 1. The van der Waals surface area contributed by atoms with Gasteiger partial charge in [0.25, 0.3) is 5.91 Å². The van der Waals surface area contributed by atoms with Crippen LogP contribution in [-0.4, -0.2) is 24.2 Å². The fourth-order valence-electron chi connectivity index (χ4n) is 2.22. The Morgan fingerprint density at radius 2 is 1.65 bits per heavy atom. The number of aliphatic hydroxyl groups excluding tert-OH is 1. The number of rotatable bonds is 8. The minimum Gasteiger partial charge on any atom is -0.484 e. The highest BCUT2D eigenvalue weighted by molar-refractivity contribution is 5.77. The first-order chi connectivity index (χ1) is 12.7. The molecule has 1 atom stereocenters. The molecular formula is C20H19NO5. The normalized spacial score (nSPS) is 11.6. The number of benzene rings is 2. The van der Waals surface area contributed by atoms with Crippen LogP contribution in [0.25, 0.3) is 0 Å². The van der Waals surface area contributed by atoms with Crippen molar-refractivity contribution in [2.75, 3.05) is 13.2 Å². The third kappa shape index (κ3) is 5.12. The van der Waals surface area contributed by atoms with Crippen molar-refractivity contribution in [1.82, 2.24) is 5.32 Å². The van der Waals surface area contributed by atoms with E-state index >= 15 is 0 Å². The van der Waals surface area contributed by atoms with E-state index in [1.54, 1.807) is 36.4 Å². The number of carbonyl (C=O) groups excluding carboxylic acids is 1. The molecule has 134 valence electrons. The Balaban J connectivity index is 1.42. The van der Waals surface area contributed by atoms with Crippen LogP contribution >= 0.6 is 0 Å². The van der Waals surface area contributed by atoms with Crippen molar-refractivity contribution < 1.29 is 23.8 Å². The number of ether oxygens (including phenoxy) is 2. The molecule has 6 nitrogen and oxygen atoms in total. The van der Waals surface area contributed by atoms with Crippen molar-refractivity contribution in [2.45, 2.75) is 6.10 Å². The molecule has 2 aromatic carbocycles. The van der Waals surface area contributed by atoms with Crippen molar-refractivity contribution in [3.8, 4) is 17.2 Å². The molecule has 0 radical (unpaired) electrons. The molecule has 1 aromatic heterocycles. The zero-order valence-corrected chi connectivity index (χ0v) is 14.0. The predicted molar refractivity (Wildman–Crippen MR) is 95.1 cm³/mol. The van der Waals surface area contributed by atoms with Crippen LogP contribution in [0.15, 0.2) is 77.4 Å². The smallest absolute Gasteiger partial charge is 0.258 e. The number of hydrogen-bond acceptors (Lipinski definition) is 5. The first kappa shape index (κ1) is 17.6. The van der Waals surface area contributed by atoms with Gasteiger partial charge in [-0.3, -0.25) is 4.79 Å². The van der Waals surface area contributed by atoms with Gasteiger partial charge in [0.15, 0.2) is 6.61 Å². The summed E-state index contributed by atoms with van der Waals surface area (Å²) in [6.07, 6.45) is 0.581. The van der Waals surface area contributed by atoms with Gasteiger partial charge in [0.05, 0.1) is 12.8 Å². The molecule has 6 heteroatoms. The van der Waals surface area contributed by atoms with Gasteiger partial charge in [0, 0.05) is 0 Å². The lowest BCUT2D eigenvalue weighted by Gasteiger charge is -2.11. The predicted octanol–water partition coefficient (Wildman–Crippen LogP) is 3.30. The summed E-state index contributed by atoms with van der Waals surface area (Å²) in [7, 11) is 0. The van der Waals surface area contributed by atoms with Crippen molar-refractivity contribution >= 4 is 5.91 Å². The molecule has 0 spiro atoms. The second-order valence-electron chi connectivity index (χ2n) is 5.51. The highest BCUT2D eigenvalue weighted by Crippen LogP contribution is 2.23. The summed E-state index contributed by atoms with van der Waals surface area (Å²) in [5.74, 6) is 2.04. The molecule has 0 saturated heterocycles. The van der Waals surface area contributed by atoms with E-state index in [9.17, 15) is 9.90 Å². The number of amides is 1. The number of carbonyl (C=O) groups is 1. The van der Waals surface area contributed by atoms with Crippen LogP contribution < -0.4 is 14.8 Å². The monoisotopic (exact) mass is 353 g/mol. The van der Waals surface area contributed by atoms with Gasteiger partial charge in [0.1, 0.15) is 29.1 Å². The van der Waals surface area contributed by atoms with Crippen LogP contribution in [0, 0.1) is 0 Å². The van der Waals surface area contributed by atoms with Crippen LogP contribution in [-0.2, 0) is 4.79 Å². The minimum absolute atomic E-state index is 0.0551. The third-order valence-electron chi connectivity index (χ3n) is 3.54. The summed E-state index contributed by atoms with van der Waals surface area (Å²) >= 11 is 0. The van der Waals surface area contributed by atoms with Gasteiger partial charge in [-0.2, -0.15) is 0 Å². The van der Waals surface area contributed by atoms with Gasteiger partial charge < -0.3 is 24.3 Å². The van der Waals surface area contributed by atoms with Crippen LogP contribution in [0.2, 0.25) is 0 Å². The van der Waals surface area contributed by atoms with E-state index in [1.165, 1.54) is 6.26 Å². The standard InChI is InChI=1S/C20H19NO5/c22-18(19-7-4-12-24-19)13-21-20(23)14-25-15-8-10-17(11-9-15)26-16-5-2-1-3-6-16/h1-12,18,22H,13-14H2,(H,21,23). The topological polar surface area (TPSA) is 80.9 Å². The lowest BCUT2D eigenvalue weighted by atomic mass is 10.3. The first-order valence-electron chi connectivity index (χ1n) is 8.14. The molecule has 0 aliphatic rings. The van der Waals surface area contributed by atoms with E-state index in [2.05, 4.69) is 5.32 Å². The number of aliphatic hydroxyl groups is 1. The van der Waals surface area contributed by atoms with E-state index < -0.39 is 6.10 Å². The molecule has 0 aliphatic heterocycles. The summed E-state index contributed by atoms with van der Waals surface area (Å²) in [6, 6.07) is 19.7. The molecule has 3 rings (SSSR count). The molecule has 1 amide bonds. The molecule has 0 saturated carbocycles. The molecule has 2 N–H and O–H groups in total. The highest BCUT2D eigenvalue weighted by atomic mass is 16.5. The third-order valence-corrected chi connectivity index (χ3v) is 3.54. The average Bonchev–Trinajstić information content (AvgIpc) is 3.21. The second kappa shape index (κ2) is 8.73. The Labute approximate surface area is 151 Å². The maximum absolute atomic E-state index is 11.8. The maximum atomic E-state index is 11.8. The zero-order chi connectivity index (χ0) is 18.2. The first-order valence-corrected chi connectivity index (χ1v) is 8.14. The SMILES string of the molecule is O=C(COc1ccc(Oc2ccccc2)cc1)NCC(O)c1ccco1. The van der Waals surface area contributed by atoms with Crippen molar-refractivity contribution in [3.63, 3.8) is 0 Å². The van der Waals surface area contributed by atoms with Gasteiger partial charge >= 0.3 is 0 Å². The van der Waals surface area contributed by atoms with Crippen LogP contribution in [0.5, 0.6) is 17.2 Å². The van der Waals surface area contributed by atoms with Crippen LogP contribution in [0.1, 0.15) is 11.9 Å². The highest BCUT2D eigenvalue weighted by Gasteiger charge is 2.12. The van der Waals surface area contributed by atoms with Crippen LogP contribution in [0.4, 0.5) is 0 Å². The molecule has 1 unspecified atom stereocenters. The average molecular weight is 353 g/mol. The lowest BCUT2D eigenvalue weighted by Crippen LogP contribution is -2.32. The Morgan fingerprint density at radius 3 is 2.35 bits per heavy atom. The summed E-state index contributed by atoms with van der Waals surface area (Å²) in [5, 5.41) is 12.4. The van der Waals surface area contributed by atoms with Gasteiger partial charge in [-0.1, -0.05) is 18.2 Å². The summed E-state index contributed by atoms with van der Waals surface area (Å²) in [5.41, 5.74) is 0. The maximum Gasteiger partial charge on any atom is 0.258 e. The number of para-hydroxylation sites is 1. The summed E-state index contributed by atoms with van der Waals surface area (Å²) in [4.78, 5) is 11.8. The van der Waals surface area contributed by atoms with E-state index in [1.807, 2.05) is 30.3 Å². The fourth-order valence-corrected chi connectivity index (χ4v) is 2.22. The quantitative estimate of drug-likeness (QED) is 0.649. The number of hydrogen-bond donors (Lipinski definition) is 2. The van der Waals surface area contributed by atoms with Crippen molar-refractivity contribution in [2.24, 2.45) is 0 Å². The molecule has 0 aliphatic carbocycles. The van der Waals surface area contributed by atoms with E-state index in [-0.39, 0.29) is 19.1 Å². The molecule has 0 fully saturated rings. The zero-order valence-electron chi connectivity index (χ0n) is 14.0. The van der Waals surface area contributed by atoms with Gasteiger partial charge in [-0.15, -0.1) is 0 Å². The largest absolute Gasteiger partial charge is 0.484 e. The minimum atomic E-state index is -0.886. The van der Waals surface area contributed by atoms with E-state index in [0.29, 0.717) is 17.3 Å².